The standard InChI is InChI=1S/C25H28O4/c1-16(14-18-10-12-19(13-11-18)25(2,3)4)22(26)21-23(27)20(29-24(21)28)15-17-8-6-5-7-9-17/h5-13,16,20,27H,14-15H2,1-4H3/t16-,20-/m1/s1. The number of esters is 1. The molecule has 4 heteroatoms. The third-order valence-electron chi connectivity index (χ3n) is 5.33. The third kappa shape index (κ3) is 4.76. The summed E-state index contributed by atoms with van der Waals surface area (Å²) in [5.41, 5.74) is 3.04. The van der Waals surface area contributed by atoms with Gasteiger partial charge in [-0.1, -0.05) is 82.3 Å². The van der Waals surface area contributed by atoms with Crippen LogP contribution in [0.5, 0.6) is 0 Å². The van der Waals surface area contributed by atoms with Gasteiger partial charge in [-0.2, -0.15) is 0 Å². The minimum atomic E-state index is -0.804. The summed E-state index contributed by atoms with van der Waals surface area (Å²) in [4.78, 5) is 25.2. The molecule has 29 heavy (non-hydrogen) atoms. The van der Waals surface area contributed by atoms with Gasteiger partial charge in [0.15, 0.2) is 17.6 Å². The van der Waals surface area contributed by atoms with Crippen LogP contribution in [0.2, 0.25) is 0 Å². The Labute approximate surface area is 172 Å². The Morgan fingerprint density at radius 2 is 1.66 bits per heavy atom. The topological polar surface area (TPSA) is 63.6 Å². The van der Waals surface area contributed by atoms with Gasteiger partial charge in [-0.3, -0.25) is 4.79 Å². The molecule has 3 rings (SSSR count). The Kier molecular flexibility index (Phi) is 5.92. The monoisotopic (exact) mass is 392 g/mol. The molecule has 0 spiro atoms. The molecule has 2 aromatic carbocycles. The SMILES string of the molecule is C[C@H](Cc1ccc(C(C)(C)C)cc1)C(=O)C1=C(O)[C@@H](Cc2ccccc2)OC1=O. The van der Waals surface area contributed by atoms with Gasteiger partial charge >= 0.3 is 5.97 Å². The van der Waals surface area contributed by atoms with E-state index in [1.165, 1.54) is 5.56 Å². The number of carbonyl (C=O) groups excluding carboxylic acids is 2. The molecule has 0 radical (unpaired) electrons. The zero-order chi connectivity index (χ0) is 21.2. The summed E-state index contributed by atoms with van der Waals surface area (Å²) in [6.45, 7) is 8.24. The molecule has 1 heterocycles. The van der Waals surface area contributed by atoms with E-state index in [2.05, 4.69) is 32.9 Å². The van der Waals surface area contributed by atoms with Gasteiger partial charge in [-0.25, -0.2) is 4.79 Å². The van der Waals surface area contributed by atoms with Gasteiger partial charge < -0.3 is 9.84 Å². The summed E-state index contributed by atoms with van der Waals surface area (Å²) in [7, 11) is 0. The van der Waals surface area contributed by atoms with Crippen LogP contribution in [0.3, 0.4) is 0 Å². The zero-order valence-electron chi connectivity index (χ0n) is 17.4. The molecule has 0 saturated heterocycles. The van der Waals surface area contributed by atoms with E-state index < -0.39 is 18.0 Å². The Hall–Kier alpha value is -2.88. The van der Waals surface area contributed by atoms with Crippen LogP contribution in [0, 0.1) is 5.92 Å². The second-order valence-corrected chi connectivity index (χ2v) is 8.76. The molecule has 1 N–H and O–H groups in total. The molecular weight excluding hydrogens is 364 g/mol. The maximum Gasteiger partial charge on any atom is 0.346 e. The highest BCUT2D eigenvalue weighted by atomic mass is 16.6. The maximum atomic E-state index is 12.9. The number of aliphatic hydroxyl groups excluding tert-OH is 1. The highest BCUT2D eigenvalue weighted by Gasteiger charge is 2.39. The molecule has 0 aliphatic carbocycles. The summed E-state index contributed by atoms with van der Waals surface area (Å²) in [5.74, 6) is -1.79. The van der Waals surface area contributed by atoms with Crippen molar-refractivity contribution >= 4 is 11.8 Å². The summed E-state index contributed by atoms with van der Waals surface area (Å²) >= 11 is 0. The van der Waals surface area contributed by atoms with E-state index in [0.29, 0.717) is 12.8 Å². The highest BCUT2D eigenvalue weighted by Crippen LogP contribution is 2.28. The highest BCUT2D eigenvalue weighted by molar-refractivity contribution is 6.19. The number of ketones is 1. The lowest BCUT2D eigenvalue weighted by Crippen LogP contribution is -2.20. The van der Waals surface area contributed by atoms with Gasteiger partial charge in [0, 0.05) is 12.3 Å². The Morgan fingerprint density at radius 1 is 1.03 bits per heavy atom. The molecule has 0 bridgehead atoms. The molecule has 2 atom stereocenters. The van der Waals surface area contributed by atoms with E-state index in [-0.39, 0.29) is 22.5 Å². The number of hydrogen-bond acceptors (Lipinski definition) is 4. The molecular formula is C25H28O4. The van der Waals surface area contributed by atoms with E-state index in [4.69, 9.17) is 4.74 Å². The second kappa shape index (κ2) is 8.24. The molecule has 1 aliphatic rings. The van der Waals surface area contributed by atoms with Crippen LogP contribution in [-0.2, 0) is 32.6 Å². The Balaban J connectivity index is 1.71. The van der Waals surface area contributed by atoms with Crippen molar-refractivity contribution in [1.29, 1.82) is 0 Å². The van der Waals surface area contributed by atoms with Crippen LogP contribution in [0.4, 0.5) is 0 Å². The quantitative estimate of drug-likeness (QED) is 0.571. The fourth-order valence-corrected chi connectivity index (χ4v) is 3.54. The number of carbonyl (C=O) groups is 2. The van der Waals surface area contributed by atoms with E-state index in [1.54, 1.807) is 6.92 Å². The lowest BCUT2D eigenvalue weighted by atomic mass is 9.85. The minimum absolute atomic E-state index is 0.0674. The van der Waals surface area contributed by atoms with Crippen LogP contribution in [-0.4, -0.2) is 23.0 Å². The lowest BCUT2D eigenvalue weighted by molar-refractivity contribution is -0.141. The number of aliphatic hydroxyl groups is 1. The van der Waals surface area contributed by atoms with E-state index in [1.807, 2.05) is 42.5 Å². The Morgan fingerprint density at radius 3 is 2.24 bits per heavy atom. The van der Waals surface area contributed by atoms with Gasteiger partial charge in [0.25, 0.3) is 0 Å². The van der Waals surface area contributed by atoms with Gasteiger partial charge in [-0.05, 0) is 28.5 Å². The molecule has 0 saturated carbocycles. The van der Waals surface area contributed by atoms with Crippen LogP contribution >= 0.6 is 0 Å². The lowest BCUT2D eigenvalue weighted by Gasteiger charge is -2.19. The van der Waals surface area contributed by atoms with Gasteiger partial charge in [0.1, 0.15) is 5.57 Å². The summed E-state index contributed by atoms with van der Waals surface area (Å²) in [6.07, 6.45) is 0.0382. The van der Waals surface area contributed by atoms with Crippen LogP contribution < -0.4 is 0 Å². The van der Waals surface area contributed by atoms with E-state index in [9.17, 15) is 14.7 Å². The van der Waals surface area contributed by atoms with Crippen molar-refractivity contribution < 1.29 is 19.4 Å². The van der Waals surface area contributed by atoms with Crippen LogP contribution in [0.25, 0.3) is 0 Å². The smallest absolute Gasteiger partial charge is 0.346 e. The first kappa shape index (κ1) is 20.8. The molecule has 1 aliphatic heterocycles. The number of ether oxygens (including phenoxy) is 1. The fourth-order valence-electron chi connectivity index (χ4n) is 3.54. The molecule has 0 unspecified atom stereocenters. The van der Waals surface area contributed by atoms with Crippen molar-refractivity contribution in [2.45, 2.75) is 52.1 Å². The van der Waals surface area contributed by atoms with Crippen molar-refractivity contribution in [3.8, 4) is 0 Å². The summed E-state index contributed by atoms with van der Waals surface area (Å²) < 4.78 is 5.28. The number of cyclic esters (lactones) is 1. The van der Waals surface area contributed by atoms with Gasteiger partial charge in [0.2, 0.25) is 0 Å². The molecule has 0 fully saturated rings. The number of rotatable bonds is 6. The van der Waals surface area contributed by atoms with Gasteiger partial charge in [-0.15, -0.1) is 0 Å². The summed E-state index contributed by atoms with van der Waals surface area (Å²) in [6, 6.07) is 17.6. The first-order chi connectivity index (χ1) is 13.7. The molecule has 152 valence electrons. The average Bonchev–Trinajstić information content (AvgIpc) is 2.95. The largest absolute Gasteiger partial charge is 0.507 e. The number of hydrogen-bond donors (Lipinski definition) is 1. The van der Waals surface area contributed by atoms with Crippen molar-refractivity contribution in [3.63, 3.8) is 0 Å². The average molecular weight is 392 g/mol. The number of benzene rings is 2. The van der Waals surface area contributed by atoms with Gasteiger partial charge in [0.05, 0.1) is 0 Å². The van der Waals surface area contributed by atoms with Crippen LogP contribution in [0.1, 0.15) is 44.4 Å². The first-order valence-electron chi connectivity index (χ1n) is 9.98. The summed E-state index contributed by atoms with van der Waals surface area (Å²) in [5, 5.41) is 10.5. The molecule has 0 amide bonds. The number of Topliss-reactive ketones (excluding diaryl/α,β-unsaturated/α-hetero) is 1. The second-order valence-electron chi connectivity index (χ2n) is 8.76. The third-order valence-corrected chi connectivity index (χ3v) is 5.33. The Bertz CT molecular complexity index is 918. The fraction of sp³-hybridized carbons (Fsp3) is 0.360. The van der Waals surface area contributed by atoms with E-state index >= 15 is 0 Å². The van der Waals surface area contributed by atoms with Crippen molar-refractivity contribution in [3.05, 3.63) is 82.6 Å². The molecule has 2 aromatic rings. The van der Waals surface area contributed by atoms with Crippen molar-refractivity contribution in [2.75, 3.05) is 0 Å². The predicted octanol–water partition coefficient (Wildman–Crippen LogP) is 4.71. The van der Waals surface area contributed by atoms with Crippen molar-refractivity contribution in [1.82, 2.24) is 0 Å². The van der Waals surface area contributed by atoms with E-state index in [0.717, 1.165) is 11.1 Å². The minimum Gasteiger partial charge on any atom is -0.507 e. The van der Waals surface area contributed by atoms with Crippen LogP contribution in [0.15, 0.2) is 65.9 Å². The van der Waals surface area contributed by atoms with Crippen molar-refractivity contribution in [2.24, 2.45) is 5.92 Å². The molecule has 0 aromatic heterocycles. The predicted molar refractivity (Wildman–Crippen MR) is 113 cm³/mol. The normalized spacial score (nSPS) is 17.9. The molecule has 4 nitrogen and oxygen atoms in total. The maximum absolute atomic E-state index is 12.9. The first-order valence-corrected chi connectivity index (χ1v) is 9.98. The zero-order valence-corrected chi connectivity index (χ0v) is 17.4.